The second-order valence-corrected chi connectivity index (χ2v) is 3.59. The van der Waals surface area contributed by atoms with Crippen LogP contribution < -0.4 is 0 Å². The normalized spacial score (nSPS) is 12.0. The zero-order chi connectivity index (χ0) is 13.5. The van der Waals surface area contributed by atoms with Gasteiger partial charge >= 0.3 is 12.1 Å². The Labute approximate surface area is 98.9 Å². The van der Waals surface area contributed by atoms with Crippen LogP contribution in [-0.4, -0.2) is 25.7 Å². The Kier molecular flexibility index (Phi) is 2.72. The molecule has 0 amide bonds. The summed E-state index contributed by atoms with van der Waals surface area (Å²) in [5.74, 6) is -1.29. The van der Waals surface area contributed by atoms with Crippen molar-refractivity contribution in [1.29, 1.82) is 0 Å². The first kappa shape index (κ1) is 12.3. The summed E-state index contributed by atoms with van der Waals surface area (Å²) in [6.07, 6.45) is -2.82. The molecule has 0 atom stereocenters. The molecule has 0 aliphatic rings. The maximum Gasteiger partial charge on any atom is 0.419 e. The molecule has 2 aromatic heterocycles. The number of hydrogen-bond donors (Lipinski definition) is 1. The molecule has 0 radical (unpaired) electrons. The minimum Gasteiger partial charge on any atom is -0.476 e. The number of fused-ring (bicyclic) bond motifs is 1. The van der Waals surface area contributed by atoms with E-state index in [4.69, 9.17) is 5.11 Å². The molecule has 96 valence electrons. The van der Waals surface area contributed by atoms with Crippen molar-refractivity contribution in [3.05, 3.63) is 29.2 Å². The molecular weight excluding hydrogens is 251 g/mol. The predicted molar refractivity (Wildman–Crippen MR) is 54.3 cm³/mol. The Balaban J connectivity index is 2.69. The van der Waals surface area contributed by atoms with Crippen LogP contribution in [0.25, 0.3) is 5.65 Å². The highest BCUT2D eigenvalue weighted by Gasteiger charge is 2.32. The molecule has 2 aromatic rings. The molecule has 1 N–H and O–H groups in total. The van der Waals surface area contributed by atoms with Crippen molar-refractivity contribution in [3.63, 3.8) is 0 Å². The van der Waals surface area contributed by atoms with Gasteiger partial charge in [0.05, 0.1) is 5.56 Å². The van der Waals surface area contributed by atoms with Gasteiger partial charge in [-0.25, -0.2) is 14.3 Å². The smallest absolute Gasteiger partial charge is 0.419 e. The molecule has 8 heteroatoms. The molecule has 0 aliphatic heterocycles. The maximum atomic E-state index is 12.5. The Morgan fingerprint density at radius 2 is 2.17 bits per heavy atom. The highest BCUT2D eigenvalue weighted by atomic mass is 19.4. The van der Waals surface area contributed by atoms with Crippen LogP contribution in [0.15, 0.2) is 12.4 Å². The van der Waals surface area contributed by atoms with Crippen molar-refractivity contribution in [3.8, 4) is 0 Å². The van der Waals surface area contributed by atoms with E-state index in [1.165, 1.54) is 0 Å². The lowest BCUT2D eigenvalue weighted by Gasteiger charge is -2.05. The third-order valence-corrected chi connectivity index (χ3v) is 2.45. The number of hydrogen-bond acceptors (Lipinski definition) is 3. The molecule has 0 spiro atoms. The molecule has 0 aromatic carbocycles. The first-order valence-corrected chi connectivity index (χ1v) is 5.02. The van der Waals surface area contributed by atoms with E-state index in [1.54, 1.807) is 6.92 Å². The van der Waals surface area contributed by atoms with Crippen molar-refractivity contribution in [2.45, 2.75) is 19.5 Å². The average Bonchev–Trinajstić information content (AvgIpc) is 2.65. The number of aromatic carboxylic acids is 1. The molecule has 0 bridgehead atoms. The van der Waals surface area contributed by atoms with Crippen molar-refractivity contribution in [2.24, 2.45) is 0 Å². The quantitative estimate of drug-likeness (QED) is 0.895. The average molecular weight is 259 g/mol. The summed E-state index contributed by atoms with van der Waals surface area (Å²) in [5.41, 5.74) is -0.805. The molecule has 2 heterocycles. The van der Waals surface area contributed by atoms with Crippen molar-refractivity contribution in [2.75, 3.05) is 0 Å². The first-order chi connectivity index (χ1) is 8.34. The number of alkyl halides is 3. The zero-order valence-electron chi connectivity index (χ0n) is 9.19. The van der Waals surface area contributed by atoms with Gasteiger partial charge in [-0.15, -0.1) is 0 Å². The van der Waals surface area contributed by atoms with E-state index in [0.29, 0.717) is 18.2 Å². The van der Waals surface area contributed by atoms with Crippen LogP contribution in [0.3, 0.4) is 0 Å². The van der Waals surface area contributed by atoms with Crippen molar-refractivity contribution < 1.29 is 23.1 Å². The van der Waals surface area contributed by atoms with E-state index in [9.17, 15) is 18.0 Å². The number of aryl methyl sites for hydroxylation is 1. The van der Waals surface area contributed by atoms with E-state index in [1.807, 2.05) is 0 Å². The van der Waals surface area contributed by atoms with Gasteiger partial charge in [-0.1, -0.05) is 6.92 Å². The summed E-state index contributed by atoms with van der Waals surface area (Å²) in [5, 5.41) is 12.5. The van der Waals surface area contributed by atoms with E-state index in [2.05, 4.69) is 10.1 Å². The number of carboxylic acid groups (broad SMARTS) is 1. The molecule has 0 aliphatic carbocycles. The van der Waals surface area contributed by atoms with Crippen LogP contribution in [0.2, 0.25) is 0 Å². The molecule has 0 saturated carbocycles. The molecular formula is C10H8F3N3O2. The monoisotopic (exact) mass is 259 g/mol. The molecule has 2 rings (SSSR count). The minimum absolute atomic E-state index is 0.128. The molecule has 5 nitrogen and oxygen atoms in total. The van der Waals surface area contributed by atoms with Gasteiger partial charge in [0.1, 0.15) is 0 Å². The minimum atomic E-state index is -4.54. The Hall–Kier alpha value is -2.12. The third-order valence-electron chi connectivity index (χ3n) is 2.45. The summed E-state index contributed by atoms with van der Waals surface area (Å²) in [7, 11) is 0. The van der Waals surface area contributed by atoms with Gasteiger partial charge in [0.2, 0.25) is 0 Å². The van der Waals surface area contributed by atoms with Gasteiger partial charge in [0, 0.05) is 18.0 Å². The topological polar surface area (TPSA) is 67.5 Å². The molecule has 0 saturated heterocycles. The summed E-state index contributed by atoms with van der Waals surface area (Å²) < 4.78 is 38.3. The van der Waals surface area contributed by atoms with Gasteiger partial charge in [-0.05, 0) is 6.42 Å². The van der Waals surface area contributed by atoms with Crippen molar-refractivity contribution in [1.82, 2.24) is 14.6 Å². The Bertz CT molecular complexity index is 619. The summed E-state index contributed by atoms with van der Waals surface area (Å²) in [4.78, 5) is 14.5. The largest absolute Gasteiger partial charge is 0.476 e. The number of aromatic nitrogens is 3. The van der Waals surface area contributed by atoms with Crippen LogP contribution in [-0.2, 0) is 12.6 Å². The second-order valence-electron chi connectivity index (χ2n) is 3.59. The van der Waals surface area contributed by atoms with Gasteiger partial charge in [0.15, 0.2) is 11.3 Å². The number of halogens is 3. The zero-order valence-corrected chi connectivity index (χ0v) is 9.19. The standard InChI is InChI=1S/C10H8F3N3O2/c1-2-6-7(9(17)18)15-16-4-5(10(11,12)13)3-14-8(6)16/h3-4H,2H2,1H3,(H,17,18). The Morgan fingerprint density at radius 3 is 2.67 bits per heavy atom. The van der Waals surface area contributed by atoms with Gasteiger partial charge in [-0.2, -0.15) is 18.3 Å². The van der Waals surface area contributed by atoms with E-state index in [0.717, 1.165) is 10.7 Å². The van der Waals surface area contributed by atoms with Gasteiger partial charge in [-0.3, -0.25) is 0 Å². The fourth-order valence-electron chi connectivity index (χ4n) is 1.63. The fourth-order valence-corrected chi connectivity index (χ4v) is 1.63. The maximum absolute atomic E-state index is 12.5. The van der Waals surface area contributed by atoms with E-state index < -0.39 is 17.7 Å². The predicted octanol–water partition coefficient (Wildman–Crippen LogP) is 2.01. The van der Waals surface area contributed by atoms with Crippen LogP contribution in [0.5, 0.6) is 0 Å². The van der Waals surface area contributed by atoms with Crippen LogP contribution in [0.4, 0.5) is 13.2 Å². The lowest BCUT2D eigenvalue weighted by atomic mass is 10.2. The molecule has 0 unspecified atom stereocenters. The van der Waals surface area contributed by atoms with E-state index in [-0.39, 0.29) is 11.3 Å². The van der Waals surface area contributed by atoms with Crippen LogP contribution >= 0.6 is 0 Å². The number of rotatable bonds is 2. The number of carboxylic acids is 1. The third kappa shape index (κ3) is 1.89. The fraction of sp³-hybridized carbons (Fsp3) is 0.300. The summed E-state index contributed by atoms with van der Waals surface area (Å²) >= 11 is 0. The summed E-state index contributed by atoms with van der Waals surface area (Å²) in [6, 6.07) is 0. The molecule has 18 heavy (non-hydrogen) atoms. The lowest BCUT2D eigenvalue weighted by Crippen LogP contribution is -2.08. The van der Waals surface area contributed by atoms with Crippen molar-refractivity contribution >= 4 is 11.6 Å². The number of nitrogens with zero attached hydrogens (tertiary/aromatic N) is 3. The Morgan fingerprint density at radius 1 is 1.50 bits per heavy atom. The van der Waals surface area contributed by atoms with Crippen LogP contribution in [0, 0.1) is 0 Å². The first-order valence-electron chi connectivity index (χ1n) is 5.02. The van der Waals surface area contributed by atoms with E-state index >= 15 is 0 Å². The highest BCUT2D eigenvalue weighted by molar-refractivity contribution is 5.89. The van der Waals surface area contributed by atoms with Gasteiger partial charge < -0.3 is 5.11 Å². The highest BCUT2D eigenvalue weighted by Crippen LogP contribution is 2.29. The lowest BCUT2D eigenvalue weighted by molar-refractivity contribution is -0.138. The SMILES string of the molecule is CCc1c(C(=O)O)nn2cc(C(F)(F)F)cnc12. The summed E-state index contributed by atoms with van der Waals surface area (Å²) in [6.45, 7) is 1.68. The van der Waals surface area contributed by atoms with Gasteiger partial charge in [0.25, 0.3) is 0 Å². The number of carbonyl (C=O) groups is 1. The van der Waals surface area contributed by atoms with Crippen LogP contribution in [0.1, 0.15) is 28.5 Å². The molecule has 0 fully saturated rings. The second kappa shape index (κ2) is 3.97.